The molecule has 194 valence electrons. The third-order valence-corrected chi connectivity index (χ3v) is 6.30. The van der Waals surface area contributed by atoms with E-state index in [1.807, 2.05) is 68.5 Å². The van der Waals surface area contributed by atoms with Crippen molar-refractivity contribution in [2.75, 3.05) is 41.7 Å². The van der Waals surface area contributed by atoms with Gasteiger partial charge in [-0.15, -0.1) is 0 Å². The summed E-state index contributed by atoms with van der Waals surface area (Å²) in [7, 11) is 0. The van der Waals surface area contributed by atoms with E-state index in [9.17, 15) is 0 Å². The van der Waals surface area contributed by atoms with Crippen LogP contribution in [0.15, 0.2) is 122 Å². The van der Waals surface area contributed by atoms with Crippen molar-refractivity contribution in [3.63, 3.8) is 0 Å². The van der Waals surface area contributed by atoms with Crippen LogP contribution in [0.4, 0.5) is 23.0 Å². The minimum Gasteiger partial charge on any atom is -0.368 e. The van der Waals surface area contributed by atoms with Gasteiger partial charge in [0.1, 0.15) is 0 Å². The number of rotatable bonds is 10. The van der Waals surface area contributed by atoms with Gasteiger partial charge in [-0.2, -0.15) is 0 Å². The first-order valence-corrected chi connectivity index (χ1v) is 12.8. The van der Waals surface area contributed by atoms with E-state index in [0.29, 0.717) is 5.95 Å². The van der Waals surface area contributed by atoms with Gasteiger partial charge in [0, 0.05) is 66.4 Å². The first-order valence-electron chi connectivity index (χ1n) is 12.8. The van der Waals surface area contributed by atoms with Crippen LogP contribution in [0.25, 0.3) is 11.3 Å². The van der Waals surface area contributed by atoms with Gasteiger partial charge in [-0.1, -0.05) is 62.2 Å². The molecule has 0 bridgehead atoms. The van der Waals surface area contributed by atoms with E-state index in [4.69, 9.17) is 4.98 Å². The number of benzene rings is 2. The Morgan fingerprint density at radius 1 is 0.974 bits per heavy atom. The summed E-state index contributed by atoms with van der Waals surface area (Å²) >= 11 is 0. The molecule has 2 aromatic carbocycles. The van der Waals surface area contributed by atoms with E-state index in [1.54, 1.807) is 6.20 Å². The number of nitrogens with one attached hydrogen (secondary N) is 2. The van der Waals surface area contributed by atoms with E-state index in [2.05, 4.69) is 69.4 Å². The van der Waals surface area contributed by atoms with Gasteiger partial charge in [-0.3, -0.25) is 0 Å². The van der Waals surface area contributed by atoms with Gasteiger partial charge >= 0.3 is 0 Å². The van der Waals surface area contributed by atoms with Crippen molar-refractivity contribution >= 4 is 23.0 Å². The average Bonchev–Trinajstić information content (AvgIpc) is 2.93. The lowest BCUT2D eigenvalue weighted by molar-refractivity contribution is 0.329. The predicted molar refractivity (Wildman–Crippen MR) is 162 cm³/mol. The fourth-order valence-corrected chi connectivity index (χ4v) is 4.43. The number of anilines is 4. The Balaban J connectivity index is 1.41. The highest BCUT2D eigenvalue weighted by Crippen LogP contribution is 2.26. The molecule has 6 nitrogen and oxygen atoms in total. The lowest BCUT2D eigenvalue weighted by Crippen LogP contribution is -2.45. The quantitative estimate of drug-likeness (QED) is 0.286. The maximum atomic E-state index is 4.74. The summed E-state index contributed by atoms with van der Waals surface area (Å²) in [4.78, 5) is 13.9. The number of hydrogen-bond acceptors (Lipinski definition) is 6. The van der Waals surface area contributed by atoms with Crippen LogP contribution in [0, 0.1) is 0 Å². The van der Waals surface area contributed by atoms with E-state index in [1.165, 1.54) is 5.69 Å². The molecule has 0 aliphatic carbocycles. The Labute approximate surface area is 226 Å². The van der Waals surface area contributed by atoms with Gasteiger partial charge in [0.15, 0.2) is 0 Å². The highest BCUT2D eigenvalue weighted by Gasteiger charge is 2.19. The second kappa shape index (κ2) is 12.6. The van der Waals surface area contributed by atoms with Gasteiger partial charge in [-0.25, -0.2) is 9.97 Å². The molecule has 38 heavy (non-hydrogen) atoms. The van der Waals surface area contributed by atoms with E-state index < -0.39 is 0 Å². The zero-order valence-corrected chi connectivity index (χ0v) is 22.3. The molecule has 2 N–H and O–H groups in total. The SMILES string of the molecule is C=C/C=C(\C=C/C)C(=C)N1CCN(c2cccc(Nc3nccc(-c4ccc(NC(=C)C)cc4)n3)c2)CC1. The molecule has 2 heterocycles. The summed E-state index contributed by atoms with van der Waals surface area (Å²) in [6.07, 6.45) is 9.72. The smallest absolute Gasteiger partial charge is 0.227 e. The highest BCUT2D eigenvalue weighted by atomic mass is 15.3. The second-order valence-corrected chi connectivity index (χ2v) is 9.20. The zero-order valence-electron chi connectivity index (χ0n) is 22.3. The summed E-state index contributed by atoms with van der Waals surface area (Å²) in [6, 6.07) is 18.5. The molecular weight excluding hydrogens is 468 g/mol. The molecule has 0 radical (unpaired) electrons. The van der Waals surface area contributed by atoms with Gasteiger partial charge < -0.3 is 20.4 Å². The molecule has 3 aromatic rings. The lowest BCUT2D eigenvalue weighted by atomic mass is 10.1. The fourth-order valence-electron chi connectivity index (χ4n) is 4.43. The normalized spacial score (nSPS) is 13.9. The Bertz CT molecular complexity index is 1340. The Hall–Kier alpha value is -4.58. The summed E-state index contributed by atoms with van der Waals surface area (Å²) in [5, 5.41) is 6.60. The molecule has 1 fully saturated rings. The third kappa shape index (κ3) is 6.79. The third-order valence-electron chi connectivity index (χ3n) is 6.30. The minimum atomic E-state index is 0.565. The molecule has 0 unspecified atom stereocenters. The summed E-state index contributed by atoms with van der Waals surface area (Å²) < 4.78 is 0. The monoisotopic (exact) mass is 504 g/mol. The molecule has 0 atom stereocenters. The van der Waals surface area contributed by atoms with Gasteiger partial charge in [0.25, 0.3) is 0 Å². The van der Waals surface area contributed by atoms with Crippen molar-refractivity contribution in [2.45, 2.75) is 13.8 Å². The predicted octanol–water partition coefficient (Wildman–Crippen LogP) is 7.16. The van der Waals surface area contributed by atoms with Crippen molar-refractivity contribution in [3.8, 4) is 11.3 Å². The molecule has 0 amide bonds. The Morgan fingerprint density at radius 3 is 2.42 bits per heavy atom. The first kappa shape index (κ1) is 26.5. The number of piperazine rings is 1. The topological polar surface area (TPSA) is 56.3 Å². The minimum absolute atomic E-state index is 0.565. The number of hydrogen-bond donors (Lipinski definition) is 2. The van der Waals surface area contributed by atoms with Crippen LogP contribution < -0.4 is 15.5 Å². The molecule has 4 rings (SSSR count). The maximum absolute atomic E-state index is 4.74. The lowest BCUT2D eigenvalue weighted by Gasteiger charge is -2.38. The largest absolute Gasteiger partial charge is 0.368 e. The average molecular weight is 505 g/mol. The van der Waals surface area contributed by atoms with E-state index in [0.717, 1.165) is 65.8 Å². The van der Waals surface area contributed by atoms with Crippen LogP contribution in [0.3, 0.4) is 0 Å². The molecule has 6 heteroatoms. The molecule has 0 spiro atoms. The number of allylic oxidation sites excluding steroid dienone is 5. The number of nitrogens with zero attached hydrogens (tertiary/aromatic N) is 4. The van der Waals surface area contributed by atoms with Gasteiger partial charge in [-0.05, 0) is 55.8 Å². The molecule has 1 saturated heterocycles. The van der Waals surface area contributed by atoms with Crippen molar-refractivity contribution < 1.29 is 0 Å². The maximum Gasteiger partial charge on any atom is 0.227 e. The van der Waals surface area contributed by atoms with Gasteiger partial charge in [0.05, 0.1) is 5.69 Å². The Kier molecular flexibility index (Phi) is 8.77. The van der Waals surface area contributed by atoms with Crippen LogP contribution in [-0.4, -0.2) is 41.0 Å². The Morgan fingerprint density at radius 2 is 1.74 bits per heavy atom. The summed E-state index contributed by atoms with van der Waals surface area (Å²) in [5.74, 6) is 0.565. The van der Waals surface area contributed by atoms with Crippen LogP contribution in [-0.2, 0) is 0 Å². The van der Waals surface area contributed by atoms with Crippen molar-refractivity contribution in [2.24, 2.45) is 0 Å². The standard InChI is InChI=1S/C32H36N6/c1-6-9-26(10-7-2)25(5)37-19-21-38(22-20-37)30-12-8-11-29(23-30)35-32-33-18-17-31(36-32)27-13-15-28(16-14-27)34-24(3)4/h6-18,23,34H,1,3,5,19-22H2,2,4H3,(H,33,35,36)/b10-7-,26-9+. The molecule has 0 saturated carbocycles. The van der Waals surface area contributed by atoms with Crippen molar-refractivity contribution in [1.29, 1.82) is 0 Å². The van der Waals surface area contributed by atoms with Gasteiger partial charge in [0.2, 0.25) is 5.95 Å². The molecule has 1 aliphatic heterocycles. The molecule has 1 aliphatic rings. The van der Waals surface area contributed by atoms with E-state index >= 15 is 0 Å². The molecular formula is C32H36N6. The van der Waals surface area contributed by atoms with E-state index in [-0.39, 0.29) is 0 Å². The highest BCUT2D eigenvalue weighted by molar-refractivity contribution is 5.66. The van der Waals surface area contributed by atoms with Crippen LogP contribution in [0.1, 0.15) is 13.8 Å². The molecule has 1 aromatic heterocycles. The fraction of sp³-hybridized carbons (Fsp3) is 0.188. The number of aromatic nitrogens is 2. The zero-order chi connectivity index (χ0) is 26.9. The summed E-state index contributed by atoms with van der Waals surface area (Å²) in [6.45, 7) is 19.7. The van der Waals surface area contributed by atoms with Crippen LogP contribution >= 0.6 is 0 Å². The second-order valence-electron chi connectivity index (χ2n) is 9.20. The summed E-state index contributed by atoms with van der Waals surface area (Å²) in [5.41, 5.74) is 8.06. The van der Waals surface area contributed by atoms with Crippen molar-refractivity contribution in [1.82, 2.24) is 14.9 Å². The van der Waals surface area contributed by atoms with Crippen LogP contribution in [0.5, 0.6) is 0 Å². The first-order chi connectivity index (χ1) is 18.5. The van der Waals surface area contributed by atoms with Crippen LogP contribution in [0.2, 0.25) is 0 Å². The van der Waals surface area contributed by atoms with Crippen molar-refractivity contribution in [3.05, 3.63) is 122 Å².